The summed E-state index contributed by atoms with van der Waals surface area (Å²) >= 11 is 1.50. The van der Waals surface area contributed by atoms with Crippen LogP contribution in [-0.2, 0) is 57.2 Å². The van der Waals surface area contributed by atoms with Crippen LogP contribution in [0, 0.1) is 0 Å². The number of carbonyl (C=O) groups is 6. The summed E-state index contributed by atoms with van der Waals surface area (Å²) in [5.74, 6) is -4.55. The molecule has 15 heteroatoms. The van der Waals surface area contributed by atoms with E-state index in [-0.39, 0.29) is 11.4 Å². The van der Waals surface area contributed by atoms with Gasteiger partial charge < -0.3 is 38.1 Å². The number of hydrogen-bond acceptors (Lipinski definition) is 15. The first-order valence-electron chi connectivity index (χ1n) is 13.6. The number of anilines is 1. The monoisotopic (exact) mass is 657 g/mol. The highest BCUT2D eigenvalue weighted by Gasteiger charge is 2.23. The first kappa shape index (κ1) is 35.0. The van der Waals surface area contributed by atoms with E-state index >= 15 is 0 Å². The van der Waals surface area contributed by atoms with Gasteiger partial charge in [-0.3, -0.25) is 24.0 Å². The van der Waals surface area contributed by atoms with Gasteiger partial charge in [0.25, 0.3) is 0 Å². The number of thiophene rings is 1. The zero-order chi connectivity index (χ0) is 33.5. The van der Waals surface area contributed by atoms with Crippen LogP contribution in [0.25, 0.3) is 20.9 Å². The van der Waals surface area contributed by atoms with E-state index in [0.29, 0.717) is 5.56 Å². The molecule has 2 aromatic carbocycles. The van der Waals surface area contributed by atoms with Crippen LogP contribution in [0.1, 0.15) is 20.8 Å². The highest BCUT2D eigenvalue weighted by atomic mass is 32.1. The van der Waals surface area contributed by atoms with Crippen molar-refractivity contribution in [2.24, 2.45) is 0 Å². The zero-order valence-electron chi connectivity index (χ0n) is 25.2. The second-order valence-electron chi connectivity index (χ2n) is 9.17. The van der Waals surface area contributed by atoms with Crippen LogP contribution in [-0.4, -0.2) is 75.9 Å². The molecule has 1 aromatic heterocycles. The third-order valence-corrected chi connectivity index (χ3v) is 6.86. The van der Waals surface area contributed by atoms with Gasteiger partial charge >= 0.3 is 35.8 Å². The van der Waals surface area contributed by atoms with Crippen LogP contribution in [0.2, 0.25) is 0 Å². The molecule has 0 N–H and O–H groups in total. The fourth-order valence-electron chi connectivity index (χ4n) is 3.64. The Morgan fingerprint density at radius 3 is 1.61 bits per heavy atom. The predicted octanol–water partition coefficient (Wildman–Crippen LogP) is 3.46. The molecule has 0 saturated heterocycles. The summed E-state index contributed by atoms with van der Waals surface area (Å²) < 4.78 is 34.4. The average molecular weight is 658 g/mol. The number of benzene rings is 2. The number of ether oxygens (including phenoxy) is 7. The molecule has 0 atom stereocenters. The summed E-state index contributed by atoms with van der Waals surface area (Å²) in [6, 6.07) is 18.5. The Hall–Kier alpha value is -5.44. The summed E-state index contributed by atoms with van der Waals surface area (Å²) in [5.41, 5.74) is 1.88. The maximum Gasteiger partial charge on any atom is 0.347 e. The normalized spacial score (nSPS) is 10.2. The van der Waals surface area contributed by atoms with Gasteiger partial charge in [-0.15, -0.1) is 11.3 Å². The molecule has 0 bridgehead atoms. The predicted molar refractivity (Wildman–Crippen MR) is 161 cm³/mol. The summed E-state index contributed by atoms with van der Waals surface area (Å²) in [6.45, 7) is -0.221. The first-order chi connectivity index (χ1) is 22.0. The standard InChI is InChI=1S/C31H31NO13S/c1-20(33)40-17-43-29(36)14-32(15-30(37)44-18-41-21(2)34)25-10-9-24(13-26(25)39-16-31(38)45-19-42-22(3)35)28-12-11-27(46-28)23-7-5-4-6-8-23/h4-13H,14-19H2,1-3H3. The molecule has 0 aliphatic rings. The Bertz CT molecular complexity index is 1500. The molecular formula is C31H31NO13S. The maximum atomic E-state index is 12.6. The number of rotatable bonds is 16. The van der Waals surface area contributed by atoms with Crippen LogP contribution >= 0.6 is 11.3 Å². The van der Waals surface area contributed by atoms with E-state index in [1.165, 1.54) is 16.2 Å². The largest absolute Gasteiger partial charge is 0.480 e. The van der Waals surface area contributed by atoms with Crippen molar-refractivity contribution in [1.82, 2.24) is 0 Å². The summed E-state index contributed by atoms with van der Waals surface area (Å²) in [6.07, 6.45) is 0. The van der Waals surface area contributed by atoms with E-state index in [9.17, 15) is 28.8 Å². The number of carbonyl (C=O) groups excluding carboxylic acids is 6. The minimum atomic E-state index is -0.879. The molecule has 0 saturated carbocycles. The van der Waals surface area contributed by atoms with Gasteiger partial charge in [-0.05, 0) is 35.4 Å². The Labute approximate surface area is 267 Å². The molecule has 244 valence electrons. The van der Waals surface area contributed by atoms with Crippen LogP contribution in [0.4, 0.5) is 5.69 Å². The molecule has 0 aliphatic heterocycles. The summed E-state index contributed by atoms with van der Waals surface area (Å²) in [5, 5.41) is 0. The lowest BCUT2D eigenvalue weighted by atomic mass is 10.1. The molecule has 3 aromatic rings. The molecule has 14 nitrogen and oxygen atoms in total. The van der Waals surface area contributed by atoms with Gasteiger partial charge in [0.05, 0.1) is 5.69 Å². The van der Waals surface area contributed by atoms with Gasteiger partial charge in [0.2, 0.25) is 20.4 Å². The van der Waals surface area contributed by atoms with Crippen molar-refractivity contribution in [2.45, 2.75) is 20.8 Å². The van der Waals surface area contributed by atoms with Crippen molar-refractivity contribution in [3.8, 4) is 26.6 Å². The minimum absolute atomic E-state index is 0.0668. The van der Waals surface area contributed by atoms with Gasteiger partial charge in [-0.2, -0.15) is 0 Å². The zero-order valence-corrected chi connectivity index (χ0v) is 26.0. The molecule has 0 amide bonds. The molecule has 0 aliphatic carbocycles. The van der Waals surface area contributed by atoms with Crippen molar-refractivity contribution < 1.29 is 61.9 Å². The molecule has 46 heavy (non-hydrogen) atoms. The number of nitrogens with zero attached hydrogens (tertiary/aromatic N) is 1. The molecule has 0 spiro atoms. The van der Waals surface area contributed by atoms with E-state index < -0.39 is 75.9 Å². The van der Waals surface area contributed by atoms with Crippen LogP contribution in [0.15, 0.2) is 60.7 Å². The molecule has 0 unspecified atom stereocenters. The van der Waals surface area contributed by atoms with Crippen LogP contribution in [0.5, 0.6) is 5.75 Å². The third kappa shape index (κ3) is 11.9. The van der Waals surface area contributed by atoms with Crippen molar-refractivity contribution in [1.29, 1.82) is 0 Å². The smallest absolute Gasteiger partial charge is 0.347 e. The van der Waals surface area contributed by atoms with E-state index in [1.54, 1.807) is 18.2 Å². The first-order valence-corrected chi connectivity index (χ1v) is 14.4. The van der Waals surface area contributed by atoms with Crippen molar-refractivity contribution in [3.05, 3.63) is 60.7 Å². The fourth-order valence-corrected chi connectivity index (χ4v) is 4.64. The van der Waals surface area contributed by atoms with Gasteiger partial charge in [0, 0.05) is 30.5 Å². The van der Waals surface area contributed by atoms with Crippen molar-refractivity contribution >= 4 is 52.8 Å². The lowest BCUT2D eigenvalue weighted by Gasteiger charge is -2.25. The Balaban J connectivity index is 1.92. The highest BCUT2D eigenvalue weighted by molar-refractivity contribution is 7.18. The average Bonchev–Trinajstić information content (AvgIpc) is 3.50. The van der Waals surface area contributed by atoms with E-state index in [2.05, 4.69) is 14.2 Å². The van der Waals surface area contributed by atoms with E-state index in [4.69, 9.17) is 18.9 Å². The Morgan fingerprint density at radius 2 is 1.09 bits per heavy atom. The van der Waals surface area contributed by atoms with Crippen LogP contribution in [0.3, 0.4) is 0 Å². The number of esters is 6. The second kappa shape index (κ2) is 17.8. The lowest BCUT2D eigenvalue weighted by Crippen LogP contribution is -2.37. The Morgan fingerprint density at radius 1 is 0.587 bits per heavy atom. The molecule has 3 rings (SSSR count). The fraction of sp³-hybridized carbons (Fsp3) is 0.290. The molecular weight excluding hydrogens is 626 g/mol. The lowest BCUT2D eigenvalue weighted by molar-refractivity contribution is -0.168. The van der Waals surface area contributed by atoms with Crippen molar-refractivity contribution in [3.63, 3.8) is 0 Å². The molecule has 0 fully saturated rings. The summed E-state index contributed by atoms with van der Waals surface area (Å²) in [7, 11) is 0. The van der Waals surface area contributed by atoms with Gasteiger partial charge in [0.15, 0.2) is 6.61 Å². The van der Waals surface area contributed by atoms with Crippen molar-refractivity contribution in [2.75, 3.05) is 45.0 Å². The molecule has 0 radical (unpaired) electrons. The van der Waals surface area contributed by atoms with E-state index in [0.717, 1.165) is 36.1 Å². The van der Waals surface area contributed by atoms with E-state index in [1.807, 2.05) is 42.5 Å². The van der Waals surface area contributed by atoms with Gasteiger partial charge in [-0.25, -0.2) is 4.79 Å². The SMILES string of the molecule is CC(=O)OCOC(=O)COc1cc(-c2ccc(-c3ccccc3)s2)ccc1N(CC(=O)OCOC(C)=O)CC(=O)OCOC(C)=O. The Kier molecular flexibility index (Phi) is 13.5. The summed E-state index contributed by atoms with van der Waals surface area (Å²) in [4.78, 5) is 73.8. The third-order valence-electron chi connectivity index (χ3n) is 5.68. The molecule has 1 heterocycles. The highest BCUT2D eigenvalue weighted by Crippen LogP contribution is 2.39. The maximum absolute atomic E-state index is 12.6. The van der Waals surface area contributed by atoms with Gasteiger partial charge in [0.1, 0.15) is 18.8 Å². The second-order valence-corrected chi connectivity index (χ2v) is 10.3. The topological polar surface area (TPSA) is 170 Å². The minimum Gasteiger partial charge on any atom is -0.480 e. The quantitative estimate of drug-likeness (QED) is 0.125. The van der Waals surface area contributed by atoms with Gasteiger partial charge in [-0.1, -0.05) is 36.4 Å². The van der Waals surface area contributed by atoms with Crippen LogP contribution < -0.4 is 9.64 Å². The number of hydrogen-bond donors (Lipinski definition) is 0.